The van der Waals surface area contributed by atoms with E-state index in [1.165, 1.54) is 96.2 Å². The number of ketones is 4. The topological polar surface area (TPSA) is 281 Å². The number of rotatable bonds is 29. The van der Waals surface area contributed by atoms with Crippen LogP contribution >= 0.6 is 24.4 Å². The van der Waals surface area contributed by atoms with Gasteiger partial charge in [-0.3, -0.25) is 9.59 Å². The molecule has 11 aromatic rings. The summed E-state index contributed by atoms with van der Waals surface area (Å²) in [6, 6.07) is 71.1. The van der Waals surface area contributed by atoms with E-state index in [0.717, 1.165) is 118 Å². The number of halogens is 7. The van der Waals surface area contributed by atoms with Crippen LogP contribution in [0.2, 0.25) is 0 Å². The van der Waals surface area contributed by atoms with Crippen molar-refractivity contribution in [1.29, 1.82) is 0 Å². The number of benzene rings is 9. The number of amides is 8. The molecule has 5 aliphatic heterocycles. The molecule has 0 bridgehead atoms. The van der Waals surface area contributed by atoms with Crippen LogP contribution in [0.5, 0.6) is 0 Å². The third-order valence-electron chi connectivity index (χ3n) is 23.7. The molecule has 25 nitrogen and oxygen atoms in total. The summed E-state index contributed by atoms with van der Waals surface area (Å²) in [5.41, 5.74) is 7.79. The normalized spacial score (nSPS) is 14.2. The van der Waals surface area contributed by atoms with E-state index in [1.807, 2.05) is 181 Å². The van der Waals surface area contributed by atoms with Gasteiger partial charge in [0.15, 0.2) is 4.77 Å². The van der Waals surface area contributed by atoms with Gasteiger partial charge in [0, 0.05) is 12.6 Å². The van der Waals surface area contributed by atoms with Gasteiger partial charge in [-0.05, 0) is 24.4 Å². The van der Waals surface area contributed by atoms with Gasteiger partial charge in [-0.25, -0.2) is 0 Å². The molecule has 7 heterocycles. The van der Waals surface area contributed by atoms with E-state index in [-0.39, 0.29) is 255 Å². The molecule has 142 heavy (non-hydrogen) atoms. The Morgan fingerprint density at radius 3 is 1.13 bits per heavy atom. The number of imide groups is 3. The molecule has 0 N–H and O–H groups in total. The molecule has 5 aliphatic rings. The van der Waals surface area contributed by atoms with Crippen LogP contribution in [0, 0.1) is 46.4 Å². The van der Waals surface area contributed by atoms with Gasteiger partial charge in [-0.15, -0.1) is 0 Å². The minimum absolute atomic E-state index is 0.000437. The molecule has 0 spiro atoms. The molecule has 0 radical (unpaired) electrons. The first-order chi connectivity index (χ1) is 68.2. The fourth-order valence-electron chi connectivity index (χ4n) is 15.9. The third kappa shape index (κ3) is 33.0. The minimum atomic E-state index is -0.225. The second-order valence-electron chi connectivity index (χ2n) is 33.3. The Morgan fingerprint density at radius 2 is 0.690 bits per heavy atom. The number of hydrogen-bond donors (Lipinski definition) is 0. The second kappa shape index (κ2) is 57.8. The Morgan fingerprint density at radius 1 is 0.338 bits per heavy atom. The Balaban J connectivity index is 0.000000175. The zero-order chi connectivity index (χ0) is 103. The van der Waals surface area contributed by atoms with E-state index in [2.05, 4.69) is 98.9 Å². The van der Waals surface area contributed by atoms with Gasteiger partial charge in [0.25, 0.3) is 5.56 Å². The summed E-state index contributed by atoms with van der Waals surface area (Å²) in [4.78, 5) is 192. The average Bonchev–Trinajstić information content (AvgIpc) is 1.33. The zero-order valence-corrected chi connectivity index (χ0v) is 98.3. The summed E-state index contributed by atoms with van der Waals surface area (Å²) in [5, 5.41) is 1.45. The molecule has 2 fully saturated rings. The van der Waals surface area contributed by atoms with Crippen molar-refractivity contribution in [1.82, 2.24) is 52.6 Å². The number of nitrogens with zero attached hydrogens (tertiary/aromatic N) is 11. The number of likely N-dealkylation sites (tertiary alicyclic amines) is 2. The van der Waals surface area contributed by atoms with Crippen molar-refractivity contribution in [2.75, 3.05) is 101 Å². The van der Waals surface area contributed by atoms with E-state index in [9.17, 15) is 67.1 Å². The monoisotopic (exact) mass is 2740 g/mol. The predicted octanol–water partition coefficient (Wildman–Crippen LogP) is -8.42. The summed E-state index contributed by atoms with van der Waals surface area (Å²) in [7, 11) is 7.15. The van der Waals surface area contributed by atoms with E-state index in [0.29, 0.717) is 53.2 Å². The average molecular weight is 2750 g/mol. The number of fused-ring (bicyclic) bond motifs is 2. The van der Waals surface area contributed by atoms with E-state index in [1.54, 1.807) is 29.3 Å². The fourth-order valence-corrected chi connectivity index (χ4v) is 24.9. The molecule has 2 aromatic heterocycles. The molecule has 0 aliphatic carbocycles. The number of carbonyl (C=O) groups is 12. The van der Waals surface area contributed by atoms with Crippen molar-refractivity contribution in [2.24, 2.45) is 25.9 Å². The first-order valence-electron chi connectivity index (χ1n) is 45.3. The van der Waals surface area contributed by atoms with Crippen molar-refractivity contribution < 1.29 is 206 Å². The van der Waals surface area contributed by atoms with E-state index < -0.39 is 0 Å². The van der Waals surface area contributed by atoms with Gasteiger partial charge < -0.3 is 4.57 Å². The molecule has 0 atom stereocenters. The number of aromatic nitrogens is 4. The summed E-state index contributed by atoms with van der Waals surface area (Å²) < 4.78 is 17.4. The quantitative estimate of drug-likeness (QED) is 0.0138. The molecule has 16 rings (SSSR count). The summed E-state index contributed by atoms with van der Waals surface area (Å²) in [6.07, 6.45) is 11.3. The number of hydrogen-bond acceptors (Lipinski definition) is 18. The number of likely N-dealkylation sites (N-methyl/N-ethyl adjacent to an activating group) is 2. The number of aryl methyl sites for hydroxylation is 2. The van der Waals surface area contributed by atoms with Crippen molar-refractivity contribution in [3.05, 3.63) is 349 Å². The van der Waals surface area contributed by atoms with E-state index >= 15 is 0 Å². The molecular formula is C108H117I7N11O14S2-7. The maximum atomic E-state index is 13.2. The van der Waals surface area contributed by atoms with Gasteiger partial charge in [-0.2, -0.15) is 0 Å². The SMILES string of the molecule is C[I-]c1ccc(C(=O)C2CCN(CCn3c(=O)c4ccccc4n(C)c3=S)CC2)cc1.C[I-]c1ccc(CN2C(=O)C=CC2=O)cc1.C[I-]c1ccc(CN2C(=O)C=CC2=O)cc1.C[I-]c1ccc2c(c1)c(=O)n(CCN1CCC(C(=O)c3ccccc3)CC1)c(=S)n2C.C[I-]c1cccc(C(=O)N(C)CC(C)=O)c1.C[I-]c1cccc(CN2C(=O)C=CC2=O)c1.C[I-]c1ccccc1C(=O)N(C)CC(C)=O. The predicted molar refractivity (Wildman–Crippen MR) is 530 cm³/mol. The maximum absolute atomic E-state index is 13.2. The molecule has 34 heteroatoms. The summed E-state index contributed by atoms with van der Waals surface area (Å²) >= 11 is 11.3. The van der Waals surface area contributed by atoms with Gasteiger partial charge in [0.2, 0.25) is 0 Å². The Labute approximate surface area is 912 Å². The standard InChI is InChI=1S/2C24H27IN3O2S.3C12H11INO2.2C12H15INO2/c1-25-19-9-7-17(8-10-19)22(29)18-11-13-27(14-12-18)15-16-28-23(30)20-5-3-4-6-21(20)26(2)24(28)31;1-25-19-8-9-21-20(16-19)23(30)28(24(31)26(21)2)15-14-27-12-10-18(11-13-27)22(29)17-6-4-3-5-7-17;2*1-13-10-4-2-9(3-5-10)8-14-11(15)6-7-12(14)16;1-13-10-4-2-3-9(7-10)8-14-11(15)5-6-12(14)16;1-9(15)8-14(3)12(16)10-5-4-6-11(7-10)13-2;1-9(15)8-14(3)12(16)10-6-4-5-7-11(10)13-2/h3-10,18H,11-16H2,1-2H3;3-9,16,18H,10-15H2,1-2H3;3*2-7H,8H2,1H3;2*4-7H,8H2,1-3H3/q7*-1. The summed E-state index contributed by atoms with van der Waals surface area (Å²) in [5.74, 6) is -0.798. The third-order valence-corrected chi connectivity index (χ3v) is 38.4. The Hall–Kier alpha value is -9.01. The molecule has 0 saturated carbocycles. The molecule has 2 saturated heterocycles. The van der Waals surface area contributed by atoms with Crippen LogP contribution in [0.1, 0.15) is 97.7 Å². The number of carbonyl (C=O) groups excluding carboxylic acids is 12. The Kier molecular flexibility index (Phi) is 46.8. The number of para-hydroxylation sites is 1. The van der Waals surface area contributed by atoms with Crippen molar-refractivity contribution in [3.63, 3.8) is 0 Å². The molecular weight excluding hydrogens is 2630 g/mol. The second-order valence-corrected chi connectivity index (χ2v) is 50.2. The van der Waals surface area contributed by atoms with Gasteiger partial charge in [0.1, 0.15) is 0 Å². The van der Waals surface area contributed by atoms with Crippen LogP contribution in [0.15, 0.2) is 264 Å². The first-order valence-corrected chi connectivity index (χ1v) is 68.8. The summed E-state index contributed by atoms with van der Waals surface area (Å²) in [6.45, 7) is 10.6. The molecule has 0 unspecified atom stereocenters. The van der Waals surface area contributed by atoms with Gasteiger partial charge in [-0.1, -0.05) is 42.5 Å². The van der Waals surface area contributed by atoms with Crippen molar-refractivity contribution in [2.45, 2.75) is 72.3 Å². The van der Waals surface area contributed by atoms with Crippen LogP contribution in [0.3, 0.4) is 0 Å². The van der Waals surface area contributed by atoms with Crippen LogP contribution in [-0.4, -0.2) is 224 Å². The number of piperidine rings is 2. The first kappa shape index (κ1) is 115. The van der Waals surface area contributed by atoms with Crippen LogP contribution in [0.25, 0.3) is 21.8 Å². The molecule has 8 amide bonds. The van der Waals surface area contributed by atoms with Crippen LogP contribution in [-0.2, 0) is 85.2 Å². The van der Waals surface area contributed by atoms with Crippen molar-refractivity contribution in [3.8, 4) is 0 Å². The van der Waals surface area contributed by atoms with Crippen molar-refractivity contribution >= 4 is 117 Å². The number of Topliss-reactive ketones (excluding diaryl/α,β-unsaturated/α-hetero) is 4. The van der Waals surface area contributed by atoms with E-state index in [4.69, 9.17) is 24.4 Å². The molecule has 9 aromatic carbocycles. The van der Waals surface area contributed by atoms with Gasteiger partial charge >= 0.3 is 809 Å². The molecule has 756 valence electrons. The fraction of sp³-hybridized carbons (Fsp3) is 0.296. The van der Waals surface area contributed by atoms with Crippen LogP contribution < -0.4 is 160 Å². The zero-order valence-electron chi connectivity index (χ0n) is 81.5. The van der Waals surface area contributed by atoms with Crippen LogP contribution in [0.4, 0.5) is 0 Å². The Bertz CT molecular complexity index is 6610. The van der Waals surface area contributed by atoms with Gasteiger partial charge in [0.05, 0.1) is 10.9 Å². The number of alkyl halides is 7.